The molecular weight excluding hydrogens is 210 g/mol. The van der Waals surface area contributed by atoms with E-state index in [-0.39, 0.29) is 5.69 Å². The van der Waals surface area contributed by atoms with Crippen molar-refractivity contribution < 1.29 is 19.2 Å². The molecule has 88 valence electrons. The number of aliphatic hydroxyl groups excluding tert-OH is 1. The topological polar surface area (TPSA) is 72.6 Å². The van der Waals surface area contributed by atoms with Crippen molar-refractivity contribution in [1.82, 2.24) is 5.16 Å². The molecule has 1 fully saturated rings. The Hall–Kier alpha value is -1.36. The van der Waals surface area contributed by atoms with Crippen LogP contribution >= 0.6 is 0 Å². The Bertz CT molecular complexity index is 355. The van der Waals surface area contributed by atoms with Gasteiger partial charge in [0.2, 0.25) is 0 Å². The van der Waals surface area contributed by atoms with Crippen LogP contribution in [0.2, 0.25) is 0 Å². The molecule has 0 atom stereocenters. The van der Waals surface area contributed by atoms with Gasteiger partial charge in [-0.05, 0) is 18.8 Å². The number of carbonyl (C=O) groups excluding carboxylic acids is 1. The van der Waals surface area contributed by atoms with E-state index in [1.165, 1.54) is 25.5 Å². The van der Waals surface area contributed by atoms with Crippen LogP contribution in [0.3, 0.4) is 0 Å². The summed E-state index contributed by atoms with van der Waals surface area (Å²) >= 11 is 0. The van der Waals surface area contributed by atoms with Crippen molar-refractivity contribution in [3.8, 4) is 0 Å². The summed E-state index contributed by atoms with van der Waals surface area (Å²) in [6, 6.07) is 0. The number of ether oxygens (including phenoxy) is 1. The summed E-state index contributed by atoms with van der Waals surface area (Å²) in [6.45, 7) is -0.629. The first-order valence-corrected chi connectivity index (χ1v) is 5.55. The molecule has 1 aliphatic rings. The van der Waals surface area contributed by atoms with Gasteiger partial charge in [0.25, 0.3) is 0 Å². The van der Waals surface area contributed by atoms with Crippen LogP contribution in [-0.2, 0) is 4.74 Å². The zero-order valence-electron chi connectivity index (χ0n) is 9.02. The first kappa shape index (κ1) is 11.1. The van der Waals surface area contributed by atoms with Gasteiger partial charge >= 0.3 is 5.97 Å². The maximum Gasteiger partial charge on any atom is 0.362 e. The van der Waals surface area contributed by atoms with Crippen molar-refractivity contribution in [3.05, 3.63) is 17.5 Å². The monoisotopic (exact) mass is 225 g/mol. The number of nitrogens with zero attached hydrogens (tertiary/aromatic N) is 1. The number of aromatic nitrogens is 1. The lowest BCUT2D eigenvalue weighted by Crippen LogP contribution is -2.12. The highest BCUT2D eigenvalue weighted by Gasteiger charge is 2.25. The molecule has 1 aromatic heterocycles. The third kappa shape index (κ3) is 2.24. The van der Waals surface area contributed by atoms with Crippen LogP contribution in [0.1, 0.15) is 54.1 Å². The van der Waals surface area contributed by atoms with Crippen LogP contribution in [0, 0.1) is 0 Å². The smallest absolute Gasteiger partial charge is 0.362 e. The zero-order chi connectivity index (χ0) is 11.4. The zero-order valence-corrected chi connectivity index (χ0v) is 9.02. The third-order valence-electron chi connectivity index (χ3n) is 3.03. The number of carbonyl (C=O) groups is 1. The van der Waals surface area contributed by atoms with Gasteiger partial charge in [0.05, 0.1) is 0 Å². The fraction of sp³-hybridized carbons (Fsp3) is 0.636. The second-order valence-corrected chi connectivity index (χ2v) is 4.01. The highest BCUT2D eigenvalue weighted by molar-refractivity contribution is 5.88. The lowest BCUT2D eigenvalue weighted by atomic mass is 9.84. The highest BCUT2D eigenvalue weighted by atomic mass is 16.6. The fourth-order valence-corrected chi connectivity index (χ4v) is 2.23. The van der Waals surface area contributed by atoms with Crippen molar-refractivity contribution in [2.75, 3.05) is 6.79 Å². The van der Waals surface area contributed by atoms with Crippen LogP contribution < -0.4 is 0 Å². The van der Waals surface area contributed by atoms with Crippen LogP contribution in [0.15, 0.2) is 10.8 Å². The lowest BCUT2D eigenvalue weighted by Gasteiger charge is -2.20. The Balaban J connectivity index is 2.14. The molecule has 0 spiro atoms. The standard InChI is InChI=1S/C11H15NO4/c13-7-15-11(14)10-9(6-16-12-10)8-4-2-1-3-5-8/h6,8,13H,1-5,7H2. The first-order chi connectivity index (χ1) is 7.83. The fourth-order valence-electron chi connectivity index (χ4n) is 2.23. The van der Waals surface area contributed by atoms with Gasteiger partial charge < -0.3 is 14.4 Å². The number of rotatable bonds is 3. The van der Waals surface area contributed by atoms with Gasteiger partial charge in [-0.15, -0.1) is 0 Å². The number of hydrogen-bond donors (Lipinski definition) is 1. The molecule has 0 aromatic carbocycles. The normalized spacial score (nSPS) is 17.3. The van der Waals surface area contributed by atoms with Crippen molar-refractivity contribution in [2.24, 2.45) is 0 Å². The summed E-state index contributed by atoms with van der Waals surface area (Å²) in [5, 5.41) is 12.2. The SMILES string of the molecule is O=C(OCO)c1nocc1C1CCCCC1. The van der Waals surface area contributed by atoms with E-state index < -0.39 is 12.8 Å². The minimum Gasteiger partial charge on any atom is -0.434 e. The molecule has 1 aliphatic carbocycles. The largest absolute Gasteiger partial charge is 0.434 e. The number of aliphatic hydroxyl groups is 1. The Morgan fingerprint density at radius 1 is 1.50 bits per heavy atom. The van der Waals surface area contributed by atoms with E-state index in [0.29, 0.717) is 5.92 Å². The summed E-state index contributed by atoms with van der Waals surface area (Å²) in [5.41, 5.74) is 1.03. The van der Waals surface area contributed by atoms with Gasteiger partial charge in [-0.3, -0.25) is 0 Å². The lowest BCUT2D eigenvalue weighted by molar-refractivity contribution is 0.00571. The molecule has 0 radical (unpaired) electrons. The van der Waals surface area contributed by atoms with Gasteiger partial charge in [-0.25, -0.2) is 4.79 Å². The van der Waals surface area contributed by atoms with Crippen LogP contribution in [0.25, 0.3) is 0 Å². The Morgan fingerprint density at radius 3 is 2.94 bits per heavy atom. The van der Waals surface area contributed by atoms with E-state index in [2.05, 4.69) is 9.89 Å². The molecule has 1 aromatic rings. The average molecular weight is 225 g/mol. The summed E-state index contributed by atoms with van der Waals surface area (Å²) < 4.78 is 9.35. The molecule has 5 heteroatoms. The minimum atomic E-state index is -0.629. The Kier molecular flexibility index (Phi) is 3.56. The van der Waals surface area contributed by atoms with E-state index in [4.69, 9.17) is 9.63 Å². The molecule has 5 nitrogen and oxygen atoms in total. The molecule has 1 N–H and O–H groups in total. The van der Waals surface area contributed by atoms with Crippen molar-refractivity contribution >= 4 is 5.97 Å². The third-order valence-corrected chi connectivity index (χ3v) is 3.03. The van der Waals surface area contributed by atoms with Crippen molar-refractivity contribution in [1.29, 1.82) is 0 Å². The molecule has 1 heterocycles. The molecule has 2 rings (SSSR count). The van der Waals surface area contributed by atoms with Crippen LogP contribution in [-0.4, -0.2) is 23.0 Å². The van der Waals surface area contributed by atoms with Gasteiger partial charge in [-0.2, -0.15) is 0 Å². The maximum absolute atomic E-state index is 11.5. The molecule has 16 heavy (non-hydrogen) atoms. The molecule has 0 saturated heterocycles. The molecule has 0 aliphatic heterocycles. The molecule has 1 saturated carbocycles. The van der Waals surface area contributed by atoms with Gasteiger partial charge in [0.15, 0.2) is 12.5 Å². The quantitative estimate of drug-likeness (QED) is 0.627. The van der Waals surface area contributed by atoms with E-state index in [0.717, 1.165) is 18.4 Å². The molecule has 0 unspecified atom stereocenters. The summed E-state index contributed by atoms with van der Waals surface area (Å²) in [7, 11) is 0. The van der Waals surface area contributed by atoms with Crippen LogP contribution in [0.5, 0.6) is 0 Å². The average Bonchev–Trinajstić information content (AvgIpc) is 2.79. The Labute approximate surface area is 93.4 Å². The summed E-state index contributed by atoms with van der Waals surface area (Å²) in [5.74, 6) is -0.280. The van der Waals surface area contributed by atoms with E-state index in [9.17, 15) is 4.79 Å². The molecule has 0 amide bonds. The highest BCUT2D eigenvalue weighted by Crippen LogP contribution is 2.34. The van der Waals surface area contributed by atoms with E-state index >= 15 is 0 Å². The van der Waals surface area contributed by atoms with Gasteiger partial charge in [0.1, 0.15) is 6.26 Å². The second kappa shape index (κ2) is 5.12. The van der Waals surface area contributed by atoms with Crippen molar-refractivity contribution in [3.63, 3.8) is 0 Å². The van der Waals surface area contributed by atoms with Gasteiger partial charge in [0, 0.05) is 5.56 Å². The molecular formula is C11H15NO4. The minimum absolute atomic E-state index is 0.209. The number of esters is 1. The van der Waals surface area contributed by atoms with Gasteiger partial charge in [-0.1, -0.05) is 24.4 Å². The number of hydrogen-bond acceptors (Lipinski definition) is 5. The van der Waals surface area contributed by atoms with Crippen LogP contribution in [0.4, 0.5) is 0 Å². The first-order valence-electron chi connectivity index (χ1n) is 5.55. The van der Waals surface area contributed by atoms with Crippen molar-refractivity contribution in [2.45, 2.75) is 38.0 Å². The predicted molar refractivity (Wildman–Crippen MR) is 54.8 cm³/mol. The summed E-state index contributed by atoms with van der Waals surface area (Å²) in [4.78, 5) is 11.5. The predicted octanol–water partition coefficient (Wildman–Crippen LogP) is 1.83. The second-order valence-electron chi connectivity index (χ2n) is 4.01. The Morgan fingerprint density at radius 2 is 2.25 bits per heavy atom. The van der Waals surface area contributed by atoms with E-state index in [1.54, 1.807) is 0 Å². The summed E-state index contributed by atoms with van der Waals surface area (Å²) in [6.07, 6.45) is 7.22. The van der Waals surface area contributed by atoms with E-state index in [1.807, 2.05) is 0 Å². The molecule has 0 bridgehead atoms. The maximum atomic E-state index is 11.5.